The molecule has 6 nitrogen and oxygen atoms in total. The number of aromatic nitrogens is 3. The first kappa shape index (κ1) is 11.3. The molecule has 2 aromatic rings. The van der Waals surface area contributed by atoms with E-state index in [2.05, 4.69) is 10.1 Å². The molecule has 4 N–H and O–H groups in total. The molecule has 0 bridgehead atoms. The highest BCUT2D eigenvalue weighted by Gasteiger charge is 2.06. The fraction of sp³-hybridized carbons (Fsp3) is 0.273. The number of hydrogen-bond acceptors (Lipinski definition) is 5. The maximum atomic E-state index is 5.68. The number of anilines is 3. The van der Waals surface area contributed by atoms with Crippen molar-refractivity contribution in [2.45, 2.75) is 6.54 Å². The molecule has 0 spiro atoms. The molecule has 0 atom stereocenters. The van der Waals surface area contributed by atoms with E-state index in [1.807, 2.05) is 37.5 Å². The van der Waals surface area contributed by atoms with Gasteiger partial charge in [0.05, 0.1) is 11.9 Å². The summed E-state index contributed by atoms with van der Waals surface area (Å²) in [6.07, 6.45) is 3.80. The van der Waals surface area contributed by atoms with Crippen LogP contribution in [0.15, 0.2) is 24.5 Å². The van der Waals surface area contributed by atoms with Crippen LogP contribution in [-0.4, -0.2) is 21.8 Å². The summed E-state index contributed by atoms with van der Waals surface area (Å²) in [4.78, 5) is 6.22. The Bertz CT molecular complexity index is 518. The van der Waals surface area contributed by atoms with Crippen LogP contribution in [0, 0.1) is 0 Å². The van der Waals surface area contributed by atoms with Gasteiger partial charge in [0.2, 0.25) is 0 Å². The third kappa shape index (κ3) is 2.47. The van der Waals surface area contributed by atoms with Gasteiger partial charge in [0.15, 0.2) is 0 Å². The highest BCUT2D eigenvalue weighted by molar-refractivity contribution is 5.62. The molecule has 2 aromatic heterocycles. The Balaban J connectivity index is 2.14. The number of nitrogens with zero attached hydrogens (tertiary/aromatic N) is 4. The van der Waals surface area contributed by atoms with Gasteiger partial charge in [0, 0.05) is 32.4 Å². The predicted octanol–water partition coefficient (Wildman–Crippen LogP) is 0.616. The Hall–Kier alpha value is -2.24. The summed E-state index contributed by atoms with van der Waals surface area (Å²) in [5.41, 5.74) is 12.9. The Morgan fingerprint density at radius 2 is 2.12 bits per heavy atom. The molecule has 6 heteroatoms. The maximum absolute atomic E-state index is 5.68. The number of pyridine rings is 1. The molecule has 2 heterocycles. The average Bonchev–Trinajstić information content (AvgIpc) is 2.68. The van der Waals surface area contributed by atoms with Crippen molar-refractivity contribution in [1.29, 1.82) is 0 Å². The standard InChI is InChI=1S/C11H16N6/c1-16(6-8-5-14-17(2)7-8)10-4-3-9(12)11(13)15-10/h3-5,7H,6,12H2,1-2H3,(H2,13,15). The molecule has 0 aliphatic carbocycles. The molecule has 0 amide bonds. The van der Waals surface area contributed by atoms with Crippen LogP contribution in [0.5, 0.6) is 0 Å². The van der Waals surface area contributed by atoms with Crippen molar-refractivity contribution in [2.24, 2.45) is 7.05 Å². The molecule has 90 valence electrons. The van der Waals surface area contributed by atoms with Crippen molar-refractivity contribution < 1.29 is 0 Å². The normalized spacial score (nSPS) is 10.5. The number of aryl methyl sites for hydroxylation is 1. The Kier molecular flexibility index (Phi) is 2.86. The molecule has 0 aromatic carbocycles. The van der Waals surface area contributed by atoms with Crippen molar-refractivity contribution in [3.8, 4) is 0 Å². The van der Waals surface area contributed by atoms with Gasteiger partial charge in [0.25, 0.3) is 0 Å². The topological polar surface area (TPSA) is 86.0 Å². The second kappa shape index (κ2) is 4.32. The van der Waals surface area contributed by atoms with Gasteiger partial charge in [0.1, 0.15) is 11.6 Å². The van der Waals surface area contributed by atoms with Crippen LogP contribution in [0.3, 0.4) is 0 Å². The van der Waals surface area contributed by atoms with E-state index >= 15 is 0 Å². The highest BCUT2D eigenvalue weighted by Crippen LogP contribution is 2.18. The van der Waals surface area contributed by atoms with Crippen molar-refractivity contribution in [1.82, 2.24) is 14.8 Å². The van der Waals surface area contributed by atoms with Gasteiger partial charge in [-0.15, -0.1) is 0 Å². The van der Waals surface area contributed by atoms with Gasteiger partial charge in [-0.05, 0) is 12.1 Å². The third-order valence-electron chi connectivity index (χ3n) is 2.51. The number of nitrogen functional groups attached to an aromatic ring is 2. The third-order valence-corrected chi connectivity index (χ3v) is 2.51. The first-order valence-corrected chi connectivity index (χ1v) is 5.27. The zero-order valence-corrected chi connectivity index (χ0v) is 9.96. The fourth-order valence-electron chi connectivity index (χ4n) is 1.60. The lowest BCUT2D eigenvalue weighted by Crippen LogP contribution is -2.18. The van der Waals surface area contributed by atoms with E-state index in [-0.39, 0.29) is 0 Å². The van der Waals surface area contributed by atoms with E-state index in [0.29, 0.717) is 11.5 Å². The summed E-state index contributed by atoms with van der Waals surface area (Å²) in [6, 6.07) is 3.61. The predicted molar refractivity (Wildman–Crippen MR) is 68.4 cm³/mol. The van der Waals surface area contributed by atoms with Crippen molar-refractivity contribution in [3.05, 3.63) is 30.1 Å². The van der Waals surface area contributed by atoms with Crippen LogP contribution in [0.2, 0.25) is 0 Å². The number of nitrogens with two attached hydrogens (primary N) is 2. The van der Waals surface area contributed by atoms with Gasteiger partial charge in [-0.1, -0.05) is 0 Å². The summed E-state index contributed by atoms with van der Waals surface area (Å²) >= 11 is 0. The Morgan fingerprint density at radius 1 is 1.35 bits per heavy atom. The van der Waals surface area contributed by atoms with Crippen molar-refractivity contribution >= 4 is 17.3 Å². The van der Waals surface area contributed by atoms with Crippen LogP contribution in [0.4, 0.5) is 17.3 Å². The second-order valence-electron chi connectivity index (χ2n) is 4.02. The highest BCUT2D eigenvalue weighted by atomic mass is 15.2. The molecule has 0 aliphatic heterocycles. The van der Waals surface area contributed by atoms with Gasteiger partial charge in [-0.25, -0.2) is 4.98 Å². The molecule has 0 aliphatic rings. The lowest BCUT2D eigenvalue weighted by Gasteiger charge is -2.17. The Labute approximate surface area is 99.8 Å². The van der Waals surface area contributed by atoms with Crippen molar-refractivity contribution in [3.63, 3.8) is 0 Å². The Morgan fingerprint density at radius 3 is 2.71 bits per heavy atom. The largest absolute Gasteiger partial charge is 0.396 e. The quantitative estimate of drug-likeness (QED) is 0.810. The van der Waals surface area contributed by atoms with Gasteiger partial charge < -0.3 is 16.4 Å². The smallest absolute Gasteiger partial charge is 0.149 e. The summed E-state index contributed by atoms with van der Waals surface area (Å²) in [7, 11) is 3.84. The minimum Gasteiger partial charge on any atom is -0.396 e. The van der Waals surface area contributed by atoms with E-state index in [1.54, 1.807) is 10.7 Å². The SMILES string of the molecule is CN(Cc1cnn(C)c1)c1ccc(N)c(N)n1. The van der Waals surface area contributed by atoms with Gasteiger partial charge in [-0.2, -0.15) is 5.10 Å². The van der Waals surface area contributed by atoms with Crippen LogP contribution < -0.4 is 16.4 Å². The van der Waals surface area contributed by atoms with Gasteiger partial charge in [-0.3, -0.25) is 4.68 Å². The van der Waals surface area contributed by atoms with Crippen LogP contribution in [0.1, 0.15) is 5.56 Å². The first-order valence-electron chi connectivity index (χ1n) is 5.27. The molecular formula is C11H16N6. The van der Waals surface area contributed by atoms with Crippen molar-refractivity contribution in [2.75, 3.05) is 23.4 Å². The molecule has 17 heavy (non-hydrogen) atoms. The van der Waals surface area contributed by atoms with E-state index in [0.717, 1.165) is 17.9 Å². The maximum Gasteiger partial charge on any atom is 0.149 e. The minimum absolute atomic E-state index is 0.362. The van der Waals surface area contributed by atoms with E-state index < -0.39 is 0 Å². The summed E-state index contributed by atoms with van der Waals surface area (Å²) in [6.45, 7) is 0.726. The summed E-state index contributed by atoms with van der Waals surface area (Å²) < 4.78 is 1.77. The summed E-state index contributed by atoms with van der Waals surface area (Å²) in [5, 5.41) is 4.12. The molecule has 0 radical (unpaired) electrons. The van der Waals surface area contributed by atoms with E-state index in [9.17, 15) is 0 Å². The van der Waals surface area contributed by atoms with Crippen LogP contribution in [-0.2, 0) is 13.6 Å². The van der Waals surface area contributed by atoms with Crippen LogP contribution in [0.25, 0.3) is 0 Å². The molecule has 0 saturated carbocycles. The molecular weight excluding hydrogens is 216 g/mol. The number of hydrogen-bond donors (Lipinski definition) is 2. The molecule has 0 saturated heterocycles. The minimum atomic E-state index is 0.362. The molecule has 0 fully saturated rings. The fourth-order valence-corrected chi connectivity index (χ4v) is 1.60. The molecule has 0 unspecified atom stereocenters. The van der Waals surface area contributed by atoms with E-state index in [1.165, 1.54) is 0 Å². The van der Waals surface area contributed by atoms with Crippen LogP contribution >= 0.6 is 0 Å². The lowest BCUT2D eigenvalue weighted by molar-refractivity contribution is 0.766. The second-order valence-corrected chi connectivity index (χ2v) is 4.02. The zero-order chi connectivity index (χ0) is 12.4. The monoisotopic (exact) mass is 232 g/mol. The number of rotatable bonds is 3. The lowest BCUT2D eigenvalue weighted by atomic mass is 10.3. The first-order chi connectivity index (χ1) is 8.06. The van der Waals surface area contributed by atoms with E-state index in [4.69, 9.17) is 11.5 Å². The average molecular weight is 232 g/mol. The zero-order valence-electron chi connectivity index (χ0n) is 9.96. The summed E-state index contributed by atoms with van der Waals surface area (Å²) in [5.74, 6) is 1.15. The molecule has 2 rings (SSSR count). The van der Waals surface area contributed by atoms with Gasteiger partial charge >= 0.3 is 0 Å².